The minimum Gasteiger partial charge on any atom is -0.460 e. The van der Waals surface area contributed by atoms with E-state index in [1.54, 1.807) is 32.9 Å². The molecule has 1 N–H and O–H groups in total. The molecular weight excluding hydrogens is 506 g/mol. The Hall–Kier alpha value is -2.75. The van der Waals surface area contributed by atoms with Crippen molar-refractivity contribution in [2.24, 2.45) is 5.92 Å². The molecule has 0 saturated heterocycles. The van der Waals surface area contributed by atoms with Crippen molar-refractivity contribution in [2.75, 3.05) is 0 Å². The van der Waals surface area contributed by atoms with Crippen LogP contribution in [-0.2, 0) is 19.6 Å². The van der Waals surface area contributed by atoms with Gasteiger partial charge < -0.3 is 9.26 Å². The van der Waals surface area contributed by atoms with Gasteiger partial charge in [-0.2, -0.15) is 4.98 Å². The highest BCUT2D eigenvalue weighted by Gasteiger charge is 2.29. The Morgan fingerprint density at radius 2 is 1.76 bits per heavy atom. The normalized spacial score (nSPS) is 15.8. The smallest absolute Gasteiger partial charge is 0.307 e. The summed E-state index contributed by atoms with van der Waals surface area (Å²) in [6.45, 7) is 9.41. The molecule has 210 valence electrons. The number of esters is 1. The number of nitrogens with zero attached hydrogens (tertiary/aromatic N) is 2. The number of benzene rings is 1. The zero-order valence-corrected chi connectivity index (χ0v) is 24.0. The van der Waals surface area contributed by atoms with Gasteiger partial charge in [0.05, 0.1) is 11.3 Å². The van der Waals surface area contributed by atoms with Crippen LogP contribution in [0.4, 0.5) is 0 Å². The predicted octanol–water partition coefficient (Wildman–Crippen LogP) is 5.88. The number of nitrogens with one attached hydrogen (secondary N) is 1. The number of rotatable bonds is 11. The van der Waals surface area contributed by atoms with Crippen LogP contribution in [0.1, 0.15) is 126 Å². The van der Waals surface area contributed by atoms with Gasteiger partial charge in [-0.15, -0.1) is 0 Å². The Labute approximate surface area is 226 Å². The topological polar surface area (TPSA) is 128 Å². The average molecular weight is 548 g/mol. The lowest BCUT2D eigenvalue weighted by molar-refractivity contribution is -0.155. The summed E-state index contributed by atoms with van der Waals surface area (Å²) in [4.78, 5) is 29.4. The Kier molecular flexibility index (Phi) is 10.1. The molecule has 2 aromatic rings. The van der Waals surface area contributed by atoms with Crippen molar-refractivity contribution in [3.63, 3.8) is 0 Å². The van der Waals surface area contributed by atoms with Gasteiger partial charge in [-0.25, -0.2) is 13.1 Å². The summed E-state index contributed by atoms with van der Waals surface area (Å²) in [7, 11) is -4.12. The molecular formula is C28H41N3O6S. The van der Waals surface area contributed by atoms with E-state index in [0.717, 1.165) is 18.4 Å². The second-order valence-corrected chi connectivity index (χ2v) is 13.2. The molecule has 1 atom stereocenters. The van der Waals surface area contributed by atoms with Gasteiger partial charge in [-0.05, 0) is 56.7 Å². The maximum Gasteiger partial charge on any atom is 0.307 e. The largest absolute Gasteiger partial charge is 0.460 e. The quantitative estimate of drug-likeness (QED) is 0.346. The molecule has 38 heavy (non-hydrogen) atoms. The number of carbonyl (C=O) groups is 2. The molecule has 10 heteroatoms. The number of aromatic nitrogens is 2. The summed E-state index contributed by atoms with van der Waals surface area (Å²) >= 11 is 0. The van der Waals surface area contributed by atoms with Crippen LogP contribution in [0.5, 0.6) is 0 Å². The van der Waals surface area contributed by atoms with Crippen molar-refractivity contribution in [1.82, 2.24) is 14.9 Å². The van der Waals surface area contributed by atoms with Crippen LogP contribution in [0, 0.1) is 5.92 Å². The van der Waals surface area contributed by atoms with Crippen molar-refractivity contribution < 1.29 is 27.3 Å². The lowest BCUT2D eigenvalue weighted by Crippen LogP contribution is -2.31. The Morgan fingerprint density at radius 3 is 2.37 bits per heavy atom. The summed E-state index contributed by atoms with van der Waals surface area (Å²) in [6.07, 6.45) is 8.88. The molecule has 0 bridgehead atoms. The first-order valence-corrected chi connectivity index (χ1v) is 15.0. The molecule has 1 heterocycles. The Morgan fingerprint density at radius 1 is 1.11 bits per heavy atom. The number of hydrogen-bond donors (Lipinski definition) is 1. The zero-order valence-electron chi connectivity index (χ0n) is 23.2. The number of amides is 1. The standard InChI is InChI=1S/C28H41N3O6S/c1-19(2)21-14-16-23(17-15-21)38(34,35)31-26(33)25-29-27(37-30-25)22(18-24(32)36-28(3,4)5)13-9-12-20-10-7-6-8-11-20/h14-17,19-20,22H,6-13,18H2,1-5H3,(H,31,33)/t22-/m1/s1. The van der Waals surface area contributed by atoms with E-state index in [0.29, 0.717) is 12.3 Å². The highest BCUT2D eigenvalue weighted by molar-refractivity contribution is 7.90. The van der Waals surface area contributed by atoms with Gasteiger partial charge >= 0.3 is 11.9 Å². The minimum absolute atomic E-state index is 0.0334. The number of carbonyl (C=O) groups excluding carboxylic acids is 2. The third-order valence-electron chi connectivity index (χ3n) is 6.80. The third-order valence-corrected chi connectivity index (χ3v) is 8.15. The first-order chi connectivity index (χ1) is 17.8. The van der Waals surface area contributed by atoms with Crippen LogP contribution in [0.25, 0.3) is 0 Å². The van der Waals surface area contributed by atoms with Gasteiger partial charge in [0, 0.05) is 5.92 Å². The molecule has 1 amide bonds. The molecule has 1 aromatic carbocycles. The molecule has 1 aliphatic carbocycles. The van der Waals surface area contributed by atoms with Crippen molar-refractivity contribution in [3.8, 4) is 0 Å². The van der Waals surface area contributed by atoms with Crippen LogP contribution >= 0.6 is 0 Å². The second kappa shape index (κ2) is 12.9. The van der Waals surface area contributed by atoms with E-state index in [1.165, 1.54) is 44.2 Å². The van der Waals surface area contributed by atoms with Crippen molar-refractivity contribution in [2.45, 2.75) is 115 Å². The SMILES string of the molecule is CC(C)c1ccc(S(=O)(=O)NC(=O)c2noc([C@H](CCCC3CCCCC3)CC(=O)OC(C)(C)C)n2)cc1. The predicted molar refractivity (Wildman–Crippen MR) is 143 cm³/mol. The zero-order chi connectivity index (χ0) is 27.9. The van der Waals surface area contributed by atoms with Gasteiger partial charge in [0.1, 0.15) is 5.60 Å². The summed E-state index contributed by atoms with van der Waals surface area (Å²) in [5.41, 5.74) is 0.350. The molecule has 1 saturated carbocycles. The summed E-state index contributed by atoms with van der Waals surface area (Å²) in [5.74, 6) is -1.15. The number of ether oxygens (including phenoxy) is 1. The fraction of sp³-hybridized carbons (Fsp3) is 0.643. The second-order valence-electron chi connectivity index (χ2n) is 11.5. The summed E-state index contributed by atoms with van der Waals surface area (Å²) in [6, 6.07) is 6.33. The maximum absolute atomic E-state index is 12.7. The van der Waals surface area contributed by atoms with Crippen molar-refractivity contribution >= 4 is 21.9 Å². The fourth-order valence-electron chi connectivity index (χ4n) is 4.78. The van der Waals surface area contributed by atoms with Gasteiger partial charge in [0.2, 0.25) is 5.89 Å². The Balaban J connectivity index is 1.69. The average Bonchev–Trinajstić information content (AvgIpc) is 3.33. The van der Waals surface area contributed by atoms with Crippen LogP contribution in [0.2, 0.25) is 0 Å². The number of sulfonamides is 1. The van der Waals surface area contributed by atoms with Gasteiger partial charge in [-0.1, -0.05) is 76.1 Å². The molecule has 1 aromatic heterocycles. The van der Waals surface area contributed by atoms with Gasteiger partial charge in [0.25, 0.3) is 15.8 Å². The van der Waals surface area contributed by atoms with Crippen LogP contribution < -0.4 is 4.72 Å². The first kappa shape index (κ1) is 29.8. The van der Waals surface area contributed by atoms with Crippen molar-refractivity contribution in [3.05, 3.63) is 41.5 Å². The monoisotopic (exact) mass is 547 g/mol. The van der Waals surface area contributed by atoms with Crippen molar-refractivity contribution in [1.29, 1.82) is 0 Å². The Bertz CT molecular complexity index is 1180. The van der Waals surface area contributed by atoms with E-state index < -0.39 is 39.2 Å². The summed E-state index contributed by atoms with van der Waals surface area (Å²) in [5, 5.41) is 3.72. The molecule has 0 unspecified atom stereocenters. The minimum atomic E-state index is -4.12. The van der Waals surface area contributed by atoms with Crippen LogP contribution in [0.3, 0.4) is 0 Å². The van der Waals surface area contributed by atoms with Gasteiger partial charge in [0.15, 0.2) is 0 Å². The van der Waals surface area contributed by atoms with Crippen LogP contribution in [-0.4, -0.2) is 36.0 Å². The fourth-order valence-corrected chi connectivity index (χ4v) is 5.73. The highest BCUT2D eigenvalue weighted by atomic mass is 32.2. The first-order valence-electron chi connectivity index (χ1n) is 13.6. The van der Waals surface area contributed by atoms with Crippen LogP contribution in [0.15, 0.2) is 33.7 Å². The van der Waals surface area contributed by atoms with E-state index in [2.05, 4.69) is 10.1 Å². The van der Waals surface area contributed by atoms with E-state index in [9.17, 15) is 18.0 Å². The molecule has 1 aliphatic rings. The molecule has 0 aliphatic heterocycles. The maximum atomic E-state index is 12.7. The van der Waals surface area contributed by atoms with Gasteiger partial charge in [-0.3, -0.25) is 9.59 Å². The lowest BCUT2D eigenvalue weighted by Gasteiger charge is -2.23. The molecule has 0 radical (unpaired) electrons. The van der Waals surface area contributed by atoms with E-state index >= 15 is 0 Å². The van der Waals surface area contributed by atoms with E-state index in [1.807, 2.05) is 18.6 Å². The molecule has 0 spiro atoms. The van der Waals surface area contributed by atoms with E-state index in [-0.39, 0.29) is 23.1 Å². The lowest BCUT2D eigenvalue weighted by atomic mass is 9.84. The number of hydrogen-bond acceptors (Lipinski definition) is 8. The summed E-state index contributed by atoms with van der Waals surface area (Å²) < 4.78 is 38.3. The van der Waals surface area contributed by atoms with E-state index in [4.69, 9.17) is 9.26 Å². The molecule has 3 rings (SSSR count). The third kappa shape index (κ3) is 8.92. The molecule has 9 nitrogen and oxygen atoms in total. The molecule has 1 fully saturated rings. The highest BCUT2D eigenvalue weighted by Crippen LogP contribution is 2.31.